The zero-order valence-electron chi connectivity index (χ0n) is 8.35. The van der Waals surface area contributed by atoms with Crippen molar-refractivity contribution in [3.63, 3.8) is 0 Å². The molecule has 0 heterocycles. The number of rotatable bonds is 6. The van der Waals surface area contributed by atoms with Crippen LogP contribution in [0.15, 0.2) is 0 Å². The molecule has 0 bridgehead atoms. The van der Waals surface area contributed by atoms with Gasteiger partial charge < -0.3 is 9.47 Å². The van der Waals surface area contributed by atoms with Crippen molar-refractivity contribution in [1.29, 1.82) is 0 Å². The Labute approximate surface area is 74.0 Å². The Morgan fingerprint density at radius 3 is 2.00 bits per heavy atom. The predicted molar refractivity (Wildman–Crippen MR) is 47.0 cm³/mol. The number of Topliss-reactive ketones (excluding diaryl/α,β-unsaturated/α-hetero) is 1. The van der Waals surface area contributed by atoms with E-state index in [0.29, 0.717) is 12.8 Å². The molecule has 0 aromatic heterocycles. The third kappa shape index (κ3) is 2.29. The Kier molecular flexibility index (Phi) is 5.09. The van der Waals surface area contributed by atoms with Gasteiger partial charge in [-0.15, -0.1) is 0 Å². The van der Waals surface area contributed by atoms with Crippen LogP contribution in [-0.4, -0.2) is 25.8 Å². The fourth-order valence-corrected chi connectivity index (χ4v) is 1.25. The Morgan fingerprint density at radius 1 is 1.25 bits per heavy atom. The topological polar surface area (TPSA) is 35.5 Å². The van der Waals surface area contributed by atoms with E-state index in [-0.39, 0.29) is 5.78 Å². The average Bonchev–Trinajstić information content (AvgIpc) is 2.13. The summed E-state index contributed by atoms with van der Waals surface area (Å²) in [5.74, 6) is -0.988. The van der Waals surface area contributed by atoms with Gasteiger partial charge in [0, 0.05) is 27.1 Å². The van der Waals surface area contributed by atoms with E-state index in [9.17, 15) is 4.79 Å². The number of hydrogen-bond acceptors (Lipinski definition) is 3. The van der Waals surface area contributed by atoms with E-state index in [0.717, 1.165) is 6.42 Å². The molecule has 0 rings (SSSR count). The highest BCUT2D eigenvalue weighted by Crippen LogP contribution is 2.20. The summed E-state index contributed by atoms with van der Waals surface area (Å²) in [4.78, 5) is 11.4. The van der Waals surface area contributed by atoms with Crippen molar-refractivity contribution in [3.8, 4) is 0 Å². The number of methoxy groups -OCH3 is 2. The van der Waals surface area contributed by atoms with Crippen LogP contribution in [-0.2, 0) is 14.3 Å². The Hall–Kier alpha value is -0.410. The van der Waals surface area contributed by atoms with Crippen LogP contribution in [0.25, 0.3) is 0 Å². The summed E-state index contributed by atoms with van der Waals surface area (Å²) in [5.41, 5.74) is 0. The van der Waals surface area contributed by atoms with Crippen molar-refractivity contribution in [2.24, 2.45) is 0 Å². The smallest absolute Gasteiger partial charge is 0.228 e. The third-order valence-corrected chi connectivity index (χ3v) is 1.98. The van der Waals surface area contributed by atoms with E-state index in [1.807, 2.05) is 13.8 Å². The number of carbonyl (C=O) groups excluding carboxylic acids is 1. The number of carbonyl (C=O) groups is 1. The highest BCUT2D eigenvalue weighted by Gasteiger charge is 2.35. The van der Waals surface area contributed by atoms with Gasteiger partial charge >= 0.3 is 0 Å². The molecule has 0 fully saturated rings. The molecule has 0 aliphatic heterocycles. The number of ketones is 1. The van der Waals surface area contributed by atoms with Crippen molar-refractivity contribution in [2.45, 2.75) is 38.9 Å². The lowest BCUT2D eigenvalue weighted by Gasteiger charge is -2.28. The van der Waals surface area contributed by atoms with Crippen molar-refractivity contribution < 1.29 is 14.3 Å². The number of hydrogen-bond donors (Lipinski definition) is 0. The summed E-state index contributed by atoms with van der Waals surface area (Å²) in [7, 11) is 3.01. The van der Waals surface area contributed by atoms with Crippen LogP contribution < -0.4 is 0 Å². The maximum atomic E-state index is 11.4. The van der Waals surface area contributed by atoms with Gasteiger partial charge in [0.05, 0.1) is 0 Å². The third-order valence-electron chi connectivity index (χ3n) is 1.98. The van der Waals surface area contributed by atoms with Crippen LogP contribution in [0.3, 0.4) is 0 Å². The predicted octanol–water partition coefficient (Wildman–Crippen LogP) is 1.75. The van der Waals surface area contributed by atoms with Gasteiger partial charge in [-0.1, -0.05) is 20.3 Å². The molecular weight excluding hydrogens is 156 g/mol. The zero-order valence-corrected chi connectivity index (χ0v) is 8.35. The first-order valence-corrected chi connectivity index (χ1v) is 4.30. The molecule has 0 spiro atoms. The molecule has 0 amide bonds. The molecule has 0 saturated heterocycles. The summed E-state index contributed by atoms with van der Waals surface area (Å²) in [6.07, 6.45) is 1.93. The van der Waals surface area contributed by atoms with Gasteiger partial charge in [-0.2, -0.15) is 0 Å². The quantitative estimate of drug-likeness (QED) is 0.575. The van der Waals surface area contributed by atoms with Gasteiger partial charge in [-0.25, -0.2) is 0 Å². The van der Waals surface area contributed by atoms with Gasteiger partial charge in [-0.05, 0) is 0 Å². The largest absolute Gasteiger partial charge is 0.347 e. The zero-order chi connectivity index (χ0) is 9.61. The summed E-state index contributed by atoms with van der Waals surface area (Å²) in [6.45, 7) is 3.81. The van der Waals surface area contributed by atoms with Crippen molar-refractivity contribution in [1.82, 2.24) is 0 Å². The van der Waals surface area contributed by atoms with E-state index in [1.165, 1.54) is 14.2 Å². The summed E-state index contributed by atoms with van der Waals surface area (Å²) in [6, 6.07) is 0. The minimum atomic E-state index is -0.997. The minimum absolute atomic E-state index is 0.00866. The van der Waals surface area contributed by atoms with E-state index < -0.39 is 5.79 Å². The molecule has 0 aliphatic rings. The second-order valence-electron chi connectivity index (χ2n) is 2.69. The highest BCUT2D eigenvalue weighted by atomic mass is 16.7. The first-order chi connectivity index (χ1) is 5.66. The second kappa shape index (κ2) is 5.27. The van der Waals surface area contributed by atoms with E-state index in [4.69, 9.17) is 9.47 Å². The van der Waals surface area contributed by atoms with Crippen LogP contribution in [0, 0.1) is 0 Å². The molecule has 0 aromatic carbocycles. The van der Waals surface area contributed by atoms with Crippen LogP contribution in [0.5, 0.6) is 0 Å². The Bertz CT molecular complexity index is 139. The molecule has 0 unspecified atom stereocenters. The minimum Gasteiger partial charge on any atom is -0.347 e. The van der Waals surface area contributed by atoms with E-state index in [1.54, 1.807) is 0 Å². The maximum absolute atomic E-state index is 11.4. The molecule has 0 saturated carbocycles. The van der Waals surface area contributed by atoms with Gasteiger partial charge in [0.15, 0.2) is 5.78 Å². The molecule has 12 heavy (non-hydrogen) atoms. The van der Waals surface area contributed by atoms with Crippen LogP contribution in [0.2, 0.25) is 0 Å². The number of ether oxygens (including phenoxy) is 2. The van der Waals surface area contributed by atoms with Crippen molar-refractivity contribution in [3.05, 3.63) is 0 Å². The molecule has 0 aromatic rings. The average molecular weight is 174 g/mol. The fraction of sp³-hybridized carbons (Fsp3) is 0.889. The second-order valence-corrected chi connectivity index (χ2v) is 2.69. The summed E-state index contributed by atoms with van der Waals surface area (Å²) < 4.78 is 10.2. The lowest BCUT2D eigenvalue weighted by atomic mass is 10.0. The van der Waals surface area contributed by atoms with Gasteiger partial charge in [0.2, 0.25) is 5.79 Å². The Morgan fingerprint density at radius 2 is 1.75 bits per heavy atom. The molecule has 72 valence electrons. The van der Waals surface area contributed by atoms with E-state index in [2.05, 4.69) is 0 Å². The fourth-order valence-electron chi connectivity index (χ4n) is 1.25. The van der Waals surface area contributed by atoms with Gasteiger partial charge in [-0.3, -0.25) is 4.79 Å². The van der Waals surface area contributed by atoms with Crippen LogP contribution in [0.1, 0.15) is 33.1 Å². The van der Waals surface area contributed by atoms with Crippen molar-refractivity contribution in [2.75, 3.05) is 14.2 Å². The maximum Gasteiger partial charge on any atom is 0.228 e. The lowest BCUT2D eigenvalue weighted by Crippen LogP contribution is -2.42. The first kappa shape index (κ1) is 11.6. The lowest BCUT2D eigenvalue weighted by molar-refractivity contribution is -0.209. The molecular formula is C9H18O3. The monoisotopic (exact) mass is 174 g/mol. The molecule has 0 atom stereocenters. The van der Waals surface area contributed by atoms with Crippen LogP contribution in [0.4, 0.5) is 0 Å². The SMILES string of the molecule is CCCC(OC)(OC)C(=O)CC. The van der Waals surface area contributed by atoms with Gasteiger partial charge in [0.25, 0.3) is 0 Å². The van der Waals surface area contributed by atoms with E-state index >= 15 is 0 Å². The molecule has 3 heteroatoms. The standard InChI is InChI=1S/C9H18O3/c1-5-7-9(11-3,12-4)8(10)6-2/h5-7H2,1-4H3. The molecule has 3 nitrogen and oxygen atoms in total. The molecule has 0 radical (unpaired) electrons. The Balaban J connectivity index is 4.44. The highest BCUT2D eigenvalue weighted by molar-refractivity contribution is 5.85. The normalized spacial score (nSPS) is 11.7. The first-order valence-electron chi connectivity index (χ1n) is 4.30. The molecule has 0 N–H and O–H groups in total. The van der Waals surface area contributed by atoms with Gasteiger partial charge in [0.1, 0.15) is 0 Å². The summed E-state index contributed by atoms with van der Waals surface area (Å²) in [5, 5.41) is 0. The molecule has 0 aliphatic carbocycles. The van der Waals surface area contributed by atoms with Crippen LogP contribution >= 0.6 is 0 Å². The van der Waals surface area contributed by atoms with Crippen molar-refractivity contribution >= 4 is 5.78 Å². The summed E-state index contributed by atoms with van der Waals surface area (Å²) >= 11 is 0.